The number of nitrogens with two attached hydrogens (primary N) is 1. The molecule has 1 aliphatic rings. The van der Waals surface area contributed by atoms with Gasteiger partial charge < -0.3 is 20.5 Å². The van der Waals surface area contributed by atoms with Crippen molar-refractivity contribution < 1.29 is 9.59 Å². The number of imidazole rings is 1. The molecule has 1 saturated heterocycles. The number of amides is 2. The maximum Gasteiger partial charge on any atom is 0.250 e. The number of piperidine rings is 1. The molecule has 2 amide bonds. The molecule has 0 spiro atoms. The highest BCUT2D eigenvalue weighted by atomic mass is 16.2. The molecule has 0 aliphatic carbocycles. The van der Waals surface area contributed by atoms with Crippen LogP contribution < -0.4 is 16.0 Å². The van der Waals surface area contributed by atoms with Gasteiger partial charge in [0.1, 0.15) is 0 Å². The molecule has 1 atom stereocenters. The molecule has 2 aromatic rings. The Hall–Kier alpha value is -2.83. The third-order valence-electron chi connectivity index (χ3n) is 4.70. The summed E-state index contributed by atoms with van der Waals surface area (Å²) in [5.41, 5.74) is 7.47. The van der Waals surface area contributed by atoms with Crippen LogP contribution in [-0.4, -0.2) is 34.5 Å². The standard InChI is InChI=1S/C19H25N5O2/c1-14-3-2-8-24(12-14)17-5-4-15(11-16(17)19(20)26)22-18(25)6-9-23-10-7-21-13-23/h4-5,7,10-11,13-14H,2-3,6,8-9,12H2,1H3,(H2,20,26)(H,22,25). The molecule has 138 valence electrons. The number of hydrogen-bond donors (Lipinski definition) is 2. The Morgan fingerprint density at radius 3 is 2.92 bits per heavy atom. The number of primary amides is 1. The van der Waals surface area contributed by atoms with Crippen LogP contribution in [0.2, 0.25) is 0 Å². The van der Waals surface area contributed by atoms with Crippen LogP contribution in [0.5, 0.6) is 0 Å². The number of hydrogen-bond acceptors (Lipinski definition) is 4. The van der Waals surface area contributed by atoms with E-state index in [1.54, 1.807) is 18.6 Å². The van der Waals surface area contributed by atoms with Crippen molar-refractivity contribution >= 4 is 23.2 Å². The van der Waals surface area contributed by atoms with E-state index in [9.17, 15) is 9.59 Å². The number of nitrogens with one attached hydrogen (secondary N) is 1. The molecule has 26 heavy (non-hydrogen) atoms. The van der Waals surface area contributed by atoms with Crippen molar-refractivity contribution in [3.63, 3.8) is 0 Å². The lowest BCUT2D eigenvalue weighted by atomic mass is 9.98. The van der Waals surface area contributed by atoms with Crippen LogP contribution >= 0.6 is 0 Å². The van der Waals surface area contributed by atoms with E-state index in [0.29, 0.717) is 30.1 Å². The number of benzene rings is 1. The second-order valence-electron chi connectivity index (χ2n) is 6.89. The van der Waals surface area contributed by atoms with E-state index in [0.717, 1.165) is 25.2 Å². The highest BCUT2D eigenvalue weighted by Gasteiger charge is 2.21. The molecule has 3 rings (SSSR count). The van der Waals surface area contributed by atoms with Gasteiger partial charge in [-0.2, -0.15) is 0 Å². The van der Waals surface area contributed by atoms with E-state index in [1.807, 2.05) is 22.9 Å². The van der Waals surface area contributed by atoms with Crippen LogP contribution in [0.4, 0.5) is 11.4 Å². The van der Waals surface area contributed by atoms with Crippen molar-refractivity contribution in [1.29, 1.82) is 0 Å². The number of rotatable bonds is 6. The fourth-order valence-electron chi connectivity index (χ4n) is 3.37. The second-order valence-corrected chi connectivity index (χ2v) is 6.89. The normalized spacial score (nSPS) is 17.1. The van der Waals surface area contributed by atoms with Gasteiger partial charge in [-0.3, -0.25) is 9.59 Å². The maximum atomic E-state index is 12.1. The van der Waals surface area contributed by atoms with Gasteiger partial charge in [-0.1, -0.05) is 6.92 Å². The first kappa shape index (κ1) is 18.0. The van der Waals surface area contributed by atoms with Crippen LogP contribution in [0.15, 0.2) is 36.9 Å². The summed E-state index contributed by atoms with van der Waals surface area (Å²) in [5, 5.41) is 2.84. The van der Waals surface area contributed by atoms with Crippen LogP contribution in [0.1, 0.15) is 36.5 Å². The van der Waals surface area contributed by atoms with Gasteiger partial charge in [0.05, 0.1) is 11.9 Å². The molecule has 3 N–H and O–H groups in total. The van der Waals surface area contributed by atoms with E-state index in [2.05, 4.69) is 22.1 Å². The fraction of sp³-hybridized carbons (Fsp3) is 0.421. The SMILES string of the molecule is CC1CCCN(c2ccc(NC(=O)CCn3ccnc3)cc2C(N)=O)C1. The number of carbonyl (C=O) groups is 2. The minimum absolute atomic E-state index is 0.117. The summed E-state index contributed by atoms with van der Waals surface area (Å²) in [5.74, 6) is -0.00626. The molecule has 1 aliphatic heterocycles. The predicted molar refractivity (Wildman–Crippen MR) is 101 cm³/mol. The Morgan fingerprint density at radius 2 is 2.23 bits per heavy atom. The monoisotopic (exact) mass is 355 g/mol. The molecule has 1 fully saturated rings. The van der Waals surface area contributed by atoms with Gasteiger partial charge in [-0.05, 0) is 37.0 Å². The van der Waals surface area contributed by atoms with Crippen LogP contribution in [0, 0.1) is 5.92 Å². The summed E-state index contributed by atoms with van der Waals surface area (Å²) in [6.45, 7) is 4.60. The quantitative estimate of drug-likeness (QED) is 0.831. The van der Waals surface area contributed by atoms with Crippen molar-refractivity contribution in [1.82, 2.24) is 9.55 Å². The number of aromatic nitrogens is 2. The summed E-state index contributed by atoms with van der Waals surface area (Å²) in [7, 11) is 0. The van der Waals surface area contributed by atoms with Gasteiger partial charge >= 0.3 is 0 Å². The molecule has 1 aromatic carbocycles. The zero-order valence-electron chi connectivity index (χ0n) is 15.0. The predicted octanol–water partition coefficient (Wildman–Crippen LogP) is 2.25. The first-order chi connectivity index (χ1) is 12.5. The van der Waals surface area contributed by atoms with Crippen molar-refractivity contribution in [3.05, 3.63) is 42.5 Å². The topological polar surface area (TPSA) is 93.2 Å². The molecule has 0 radical (unpaired) electrons. The van der Waals surface area contributed by atoms with E-state index in [1.165, 1.54) is 6.42 Å². The Bertz CT molecular complexity index is 772. The van der Waals surface area contributed by atoms with E-state index >= 15 is 0 Å². The number of carbonyl (C=O) groups excluding carboxylic acids is 2. The zero-order valence-corrected chi connectivity index (χ0v) is 15.0. The van der Waals surface area contributed by atoms with E-state index in [4.69, 9.17) is 5.73 Å². The third-order valence-corrected chi connectivity index (χ3v) is 4.70. The van der Waals surface area contributed by atoms with Crippen molar-refractivity contribution in [3.8, 4) is 0 Å². The summed E-state index contributed by atoms with van der Waals surface area (Å²) in [6, 6.07) is 5.38. The summed E-state index contributed by atoms with van der Waals surface area (Å²) in [4.78, 5) is 30.2. The Kier molecular flexibility index (Phi) is 5.55. The Balaban J connectivity index is 1.69. The summed E-state index contributed by atoms with van der Waals surface area (Å²) < 4.78 is 1.84. The average Bonchev–Trinajstić information content (AvgIpc) is 3.13. The molecule has 0 saturated carbocycles. The van der Waals surface area contributed by atoms with Gasteiger partial charge in [0.2, 0.25) is 5.91 Å². The first-order valence-electron chi connectivity index (χ1n) is 8.97. The van der Waals surface area contributed by atoms with Gasteiger partial charge in [-0.15, -0.1) is 0 Å². The average molecular weight is 355 g/mol. The first-order valence-corrected chi connectivity index (χ1v) is 8.97. The van der Waals surface area contributed by atoms with Crippen molar-refractivity contribution in [2.45, 2.75) is 32.7 Å². The molecule has 1 unspecified atom stereocenters. The Morgan fingerprint density at radius 1 is 1.38 bits per heavy atom. The lowest BCUT2D eigenvalue weighted by Gasteiger charge is -2.33. The summed E-state index contributed by atoms with van der Waals surface area (Å²) in [6.07, 6.45) is 7.80. The smallest absolute Gasteiger partial charge is 0.250 e. The zero-order chi connectivity index (χ0) is 18.5. The van der Waals surface area contributed by atoms with Crippen LogP contribution in [0.3, 0.4) is 0 Å². The highest BCUT2D eigenvalue weighted by Crippen LogP contribution is 2.28. The summed E-state index contributed by atoms with van der Waals surface area (Å²) >= 11 is 0. The molecule has 7 nitrogen and oxygen atoms in total. The number of nitrogens with zero attached hydrogens (tertiary/aromatic N) is 3. The lowest BCUT2D eigenvalue weighted by Crippen LogP contribution is -2.35. The Labute approximate surface area is 153 Å². The minimum Gasteiger partial charge on any atom is -0.371 e. The third kappa shape index (κ3) is 4.41. The highest BCUT2D eigenvalue weighted by molar-refractivity contribution is 6.01. The van der Waals surface area contributed by atoms with Gasteiger partial charge in [0.25, 0.3) is 5.91 Å². The molecular weight excluding hydrogens is 330 g/mol. The molecular formula is C19H25N5O2. The maximum absolute atomic E-state index is 12.1. The number of aryl methyl sites for hydroxylation is 1. The second kappa shape index (κ2) is 8.03. The molecule has 1 aromatic heterocycles. The van der Waals surface area contributed by atoms with Crippen molar-refractivity contribution in [2.75, 3.05) is 23.3 Å². The largest absolute Gasteiger partial charge is 0.371 e. The molecule has 2 heterocycles. The van der Waals surface area contributed by atoms with E-state index in [-0.39, 0.29) is 5.91 Å². The van der Waals surface area contributed by atoms with Crippen molar-refractivity contribution in [2.24, 2.45) is 11.7 Å². The van der Waals surface area contributed by atoms with Gasteiger partial charge in [0.15, 0.2) is 0 Å². The van der Waals surface area contributed by atoms with Gasteiger partial charge in [0, 0.05) is 49.8 Å². The fourth-order valence-corrected chi connectivity index (χ4v) is 3.37. The van der Waals surface area contributed by atoms with Crippen LogP contribution in [-0.2, 0) is 11.3 Å². The molecule has 7 heteroatoms. The minimum atomic E-state index is -0.479. The number of anilines is 2. The lowest BCUT2D eigenvalue weighted by molar-refractivity contribution is -0.116. The van der Waals surface area contributed by atoms with Gasteiger partial charge in [-0.25, -0.2) is 4.98 Å². The molecule has 0 bridgehead atoms. The van der Waals surface area contributed by atoms with Crippen LogP contribution in [0.25, 0.3) is 0 Å². The van der Waals surface area contributed by atoms with E-state index < -0.39 is 5.91 Å².